The predicted octanol–water partition coefficient (Wildman–Crippen LogP) is 4.33. The van der Waals surface area contributed by atoms with Crippen molar-refractivity contribution in [3.05, 3.63) is 87.4 Å². The smallest absolute Gasteiger partial charge is 0.191 e. The van der Waals surface area contributed by atoms with E-state index in [2.05, 4.69) is 63.9 Å². The monoisotopic (exact) mass is 422 g/mol. The number of aryl methyl sites for hydroxylation is 1. The van der Waals surface area contributed by atoms with Crippen LogP contribution in [0.25, 0.3) is 0 Å². The van der Waals surface area contributed by atoms with Gasteiger partial charge in [0.1, 0.15) is 0 Å². The molecule has 3 rings (SSSR count). The summed E-state index contributed by atoms with van der Waals surface area (Å²) in [5.41, 5.74) is 3.57. The Morgan fingerprint density at radius 3 is 2.33 bits per heavy atom. The molecule has 0 aliphatic carbocycles. The predicted molar refractivity (Wildman–Crippen MR) is 125 cm³/mol. The van der Waals surface area contributed by atoms with E-state index in [1.165, 1.54) is 26.6 Å². The maximum atomic E-state index is 5.80. The highest BCUT2D eigenvalue weighted by Gasteiger charge is 2.03. The number of aliphatic imine (C=N–C) groups is 1. The Morgan fingerprint density at radius 2 is 1.67 bits per heavy atom. The highest BCUT2D eigenvalue weighted by Crippen LogP contribution is 2.13. The summed E-state index contributed by atoms with van der Waals surface area (Å²) in [5, 5.41) is 7.89. The van der Waals surface area contributed by atoms with Crippen LogP contribution in [-0.2, 0) is 37.3 Å². The number of benzene rings is 2. The summed E-state index contributed by atoms with van der Waals surface area (Å²) in [5.74, 6) is 0.803. The molecule has 0 aliphatic heterocycles. The molecule has 0 spiro atoms. The summed E-state index contributed by atoms with van der Waals surface area (Å²) in [4.78, 5) is 10.1. The van der Waals surface area contributed by atoms with Crippen LogP contribution in [0.2, 0.25) is 0 Å². The lowest BCUT2D eigenvalue weighted by molar-refractivity contribution is 0.107. The Balaban J connectivity index is 1.36. The summed E-state index contributed by atoms with van der Waals surface area (Å²) >= 11 is 1.79. The van der Waals surface area contributed by atoms with Crippen molar-refractivity contribution >= 4 is 17.3 Å². The van der Waals surface area contributed by atoms with Crippen molar-refractivity contribution in [2.75, 3.05) is 13.6 Å². The fourth-order valence-electron chi connectivity index (χ4n) is 2.94. The molecule has 1 heterocycles. The molecule has 1 aromatic heterocycles. The lowest BCUT2D eigenvalue weighted by Gasteiger charge is -2.12. The van der Waals surface area contributed by atoms with E-state index >= 15 is 0 Å². The Kier molecular flexibility index (Phi) is 8.87. The van der Waals surface area contributed by atoms with Crippen LogP contribution in [0, 0.1) is 0 Å². The molecule has 158 valence electrons. The lowest BCUT2D eigenvalue weighted by atomic mass is 10.1. The quantitative estimate of drug-likeness (QED) is 0.377. The van der Waals surface area contributed by atoms with Crippen molar-refractivity contribution in [2.45, 2.75) is 39.5 Å². The Morgan fingerprint density at radius 1 is 0.967 bits per heavy atom. The summed E-state index contributed by atoms with van der Waals surface area (Å²) in [6, 6.07) is 18.7. The van der Waals surface area contributed by atoms with Gasteiger partial charge in [-0.1, -0.05) is 61.5 Å². The normalized spacial score (nSPS) is 11.5. The van der Waals surface area contributed by atoms with Crippen LogP contribution < -0.4 is 10.6 Å². The third kappa shape index (κ3) is 7.28. The van der Waals surface area contributed by atoms with E-state index < -0.39 is 0 Å². The molecule has 3 aromatic rings. The zero-order valence-corrected chi connectivity index (χ0v) is 18.5. The van der Waals surface area contributed by atoms with Crippen LogP contribution in [0.3, 0.4) is 0 Å². The minimum absolute atomic E-state index is 0.613. The molecule has 0 radical (unpaired) electrons. The van der Waals surface area contributed by atoms with Crippen molar-refractivity contribution in [3.63, 3.8) is 0 Å². The van der Waals surface area contributed by atoms with Gasteiger partial charge < -0.3 is 15.4 Å². The van der Waals surface area contributed by atoms with Crippen LogP contribution in [0.1, 0.15) is 33.5 Å². The maximum Gasteiger partial charge on any atom is 0.191 e. The first-order chi connectivity index (χ1) is 14.8. The summed E-state index contributed by atoms with van der Waals surface area (Å²) in [7, 11) is 1.79. The van der Waals surface area contributed by atoms with E-state index in [0.717, 1.165) is 31.9 Å². The summed E-state index contributed by atoms with van der Waals surface area (Å²) < 4.78 is 5.80. The zero-order valence-electron chi connectivity index (χ0n) is 17.7. The van der Waals surface area contributed by atoms with Crippen LogP contribution in [-0.4, -0.2) is 24.5 Å². The number of aromatic nitrogens is 1. The first-order valence-electron chi connectivity index (χ1n) is 10.3. The average molecular weight is 423 g/mol. The molecule has 5 nitrogen and oxygen atoms in total. The third-order valence-corrected chi connectivity index (χ3v) is 5.87. The van der Waals surface area contributed by atoms with E-state index in [4.69, 9.17) is 4.74 Å². The molecule has 2 N–H and O–H groups in total. The highest BCUT2D eigenvalue weighted by molar-refractivity contribution is 7.11. The fraction of sp³-hybridized carbons (Fsp3) is 0.333. The van der Waals surface area contributed by atoms with E-state index in [1.54, 1.807) is 18.4 Å². The van der Waals surface area contributed by atoms with Gasteiger partial charge in [-0.05, 0) is 23.1 Å². The second-order valence-electron chi connectivity index (χ2n) is 6.97. The lowest BCUT2D eigenvalue weighted by Crippen LogP contribution is -2.37. The first kappa shape index (κ1) is 22.0. The SMILES string of the molecule is CCc1cnc(CCNC(=NC)NCc2ccc(COCc3ccccc3)cc2)s1. The topological polar surface area (TPSA) is 58.5 Å². The van der Waals surface area contributed by atoms with Gasteiger partial charge in [0.05, 0.1) is 18.2 Å². The van der Waals surface area contributed by atoms with Crippen LogP contribution in [0.4, 0.5) is 0 Å². The largest absolute Gasteiger partial charge is 0.372 e. The Labute approximate surface area is 183 Å². The number of nitrogens with zero attached hydrogens (tertiary/aromatic N) is 2. The van der Waals surface area contributed by atoms with Crippen LogP contribution >= 0.6 is 11.3 Å². The number of guanidine groups is 1. The number of ether oxygens (including phenoxy) is 1. The molecular weight excluding hydrogens is 392 g/mol. The standard InChI is InChI=1S/C24H30N4OS/c1-3-22-16-27-23(30-22)13-14-26-24(25-2)28-15-19-9-11-21(12-10-19)18-29-17-20-7-5-4-6-8-20/h4-12,16H,3,13-15,17-18H2,1-2H3,(H2,25,26,28). The van der Waals surface area contributed by atoms with Crippen molar-refractivity contribution in [1.29, 1.82) is 0 Å². The van der Waals surface area contributed by atoms with Crippen molar-refractivity contribution in [2.24, 2.45) is 4.99 Å². The minimum Gasteiger partial charge on any atom is -0.372 e. The van der Waals surface area contributed by atoms with E-state index in [9.17, 15) is 0 Å². The molecule has 0 aliphatic rings. The molecular formula is C24H30N4OS. The van der Waals surface area contributed by atoms with Gasteiger partial charge in [0.25, 0.3) is 0 Å². The average Bonchev–Trinajstić information content (AvgIpc) is 3.26. The van der Waals surface area contributed by atoms with Gasteiger partial charge in [0, 0.05) is 37.6 Å². The van der Waals surface area contributed by atoms with Crippen molar-refractivity contribution in [3.8, 4) is 0 Å². The molecule has 6 heteroatoms. The molecule has 0 atom stereocenters. The van der Waals surface area contributed by atoms with Gasteiger partial charge in [-0.15, -0.1) is 11.3 Å². The first-order valence-corrected chi connectivity index (χ1v) is 11.2. The molecule has 0 amide bonds. The van der Waals surface area contributed by atoms with Gasteiger partial charge in [-0.2, -0.15) is 0 Å². The van der Waals surface area contributed by atoms with Crippen molar-refractivity contribution < 1.29 is 4.74 Å². The second kappa shape index (κ2) is 12.1. The molecule has 0 fully saturated rings. The molecule has 0 saturated heterocycles. The van der Waals surface area contributed by atoms with Gasteiger partial charge in [-0.25, -0.2) is 4.98 Å². The Bertz CT molecular complexity index is 906. The van der Waals surface area contributed by atoms with E-state index in [0.29, 0.717) is 13.2 Å². The molecule has 2 aromatic carbocycles. The van der Waals surface area contributed by atoms with E-state index in [-0.39, 0.29) is 0 Å². The summed E-state index contributed by atoms with van der Waals surface area (Å²) in [6.07, 6.45) is 3.93. The van der Waals surface area contributed by atoms with Crippen LogP contribution in [0.15, 0.2) is 65.8 Å². The van der Waals surface area contributed by atoms with Gasteiger partial charge in [-0.3, -0.25) is 4.99 Å². The Hall–Kier alpha value is -2.70. The molecule has 0 bridgehead atoms. The second-order valence-corrected chi connectivity index (χ2v) is 8.17. The van der Waals surface area contributed by atoms with Crippen LogP contribution in [0.5, 0.6) is 0 Å². The number of rotatable bonds is 10. The fourth-order valence-corrected chi connectivity index (χ4v) is 3.80. The van der Waals surface area contributed by atoms with Crippen molar-refractivity contribution in [1.82, 2.24) is 15.6 Å². The molecule has 0 saturated carbocycles. The summed E-state index contributed by atoms with van der Waals surface area (Å²) in [6.45, 7) is 4.94. The third-order valence-electron chi connectivity index (χ3n) is 4.67. The number of nitrogens with one attached hydrogen (secondary N) is 2. The number of thiazole rings is 1. The minimum atomic E-state index is 0.613. The van der Waals surface area contributed by atoms with Gasteiger partial charge in [0.2, 0.25) is 0 Å². The number of hydrogen-bond donors (Lipinski definition) is 2. The molecule has 0 unspecified atom stereocenters. The van der Waals surface area contributed by atoms with Gasteiger partial charge in [0.15, 0.2) is 5.96 Å². The van der Waals surface area contributed by atoms with Gasteiger partial charge >= 0.3 is 0 Å². The maximum absolute atomic E-state index is 5.80. The highest BCUT2D eigenvalue weighted by atomic mass is 32.1. The van der Waals surface area contributed by atoms with E-state index in [1.807, 2.05) is 24.4 Å². The number of hydrogen-bond acceptors (Lipinski definition) is 4. The zero-order chi connectivity index (χ0) is 21.0. The molecule has 30 heavy (non-hydrogen) atoms.